The summed E-state index contributed by atoms with van der Waals surface area (Å²) in [5.41, 5.74) is 0.933. The van der Waals surface area contributed by atoms with Crippen LogP contribution >= 0.6 is 0 Å². The Labute approximate surface area is 112 Å². The van der Waals surface area contributed by atoms with E-state index in [1.165, 1.54) is 0 Å². The molecule has 2 amide bonds. The summed E-state index contributed by atoms with van der Waals surface area (Å²) in [4.78, 5) is 30.3. The number of piperazine rings is 1. The van der Waals surface area contributed by atoms with Gasteiger partial charge in [-0.15, -0.1) is 0 Å². The molecule has 2 heterocycles. The molecular formula is C14H17N3O2. The van der Waals surface area contributed by atoms with Gasteiger partial charge >= 0.3 is 0 Å². The Balaban J connectivity index is 1.99. The van der Waals surface area contributed by atoms with Crippen LogP contribution in [0.5, 0.6) is 0 Å². The van der Waals surface area contributed by atoms with E-state index in [1.54, 1.807) is 17.3 Å². The molecule has 0 bridgehead atoms. The Morgan fingerprint density at radius 2 is 2.16 bits per heavy atom. The van der Waals surface area contributed by atoms with Crippen molar-refractivity contribution in [3.8, 4) is 0 Å². The first kappa shape index (κ1) is 12.1. The summed E-state index contributed by atoms with van der Waals surface area (Å²) in [7, 11) is 0. The maximum atomic E-state index is 12.7. The molecule has 1 saturated heterocycles. The second-order valence-electron chi connectivity index (χ2n) is 5.58. The van der Waals surface area contributed by atoms with E-state index in [1.807, 2.05) is 19.9 Å². The number of aromatic nitrogens is 1. The largest absolute Gasteiger partial charge is 0.340 e. The Morgan fingerprint density at radius 3 is 2.79 bits per heavy atom. The topological polar surface area (TPSA) is 62.3 Å². The average Bonchev–Trinajstić information content (AvgIpc) is 3.19. The SMILES string of the molecule is Cc1ccncc1N1CC(=O)NC(C)(C2CC2)C1=O. The third kappa shape index (κ3) is 1.89. The summed E-state index contributed by atoms with van der Waals surface area (Å²) < 4.78 is 0. The van der Waals surface area contributed by atoms with Crippen molar-refractivity contribution in [3.63, 3.8) is 0 Å². The molecule has 1 saturated carbocycles. The van der Waals surface area contributed by atoms with E-state index < -0.39 is 5.54 Å². The summed E-state index contributed by atoms with van der Waals surface area (Å²) in [6.45, 7) is 3.84. The minimum Gasteiger partial charge on any atom is -0.340 e. The summed E-state index contributed by atoms with van der Waals surface area (Å²) >= 11 is 0. The lowest BCUT2D eigenvalue weighted by Gasteiger charge is -2.40. The Morgan fingerprint density at radius 1 is 1.42 bits per heavy atom. The highest BCUT2D eigenvalue weighted by Gasteiger charge is 2.52. The summed E-state index contributed by atoms with van der Waals surface area (Å²) in [5.74, 6) is 0.145. The first-order chi connectivity index (χ1) is 9.02. The maximum absolute atomic E-state index is 12.7. The van der Waals surface area contributed by atoms with Gasteiger partial charge in [-0.3, -0.25) is 19.5 Å². The quantitative estimate of drug-likeness (QED) is 0.862. The zero-order chi connectivity index (χ0) is 13.6. The third-order valence-electron chi connectivity index (χ3n) is 4.09. The fourth-order valence-electron chi connectivity index (χ4n) is 2.75. The number of anilines is 1. The number of pyridine rings is 1. The molecule has 1 aliphatic carbocycles. The van der Waals surface area contributed by atoms with Crippen molar-refractivity contribution in [1.29, 1.82) is 0 Å². The number of nitrogens with one attached hydrogen (secondary N) is 1. The van der Waals surface area contributed by atoms with Crippen LogP contribution in [0, 0.1) is 12.8 Å². The van der Waals surface area contributed by atoms with Crippen molar-refractivity contribution in [2.45, 2.75) is 32.2 Å². The fraction of sp³-hybridized carbons (Fsp3) is 0.500. The number of amides is 2. The van der Waals surface area contributed by atoms with Crippen LogP contribution in [0.3, 0.4) is 0 Å². The number of aryl methyl sites for hydroxylation is 1. The van der Waals surface area contributed by atoms with Crippen LogP contribution in [0.1, 0.15) is 25.3 Å². The van der Waals surface area contributed by atoms with Crippen molar-refractivity contribution >= 4 is 17.5 Å². The lowest BCUT2D eigenvalue weighted by molar-refractivity contribution is -0.136. The van der Waals surface area contributed by atoms with Crippen molar-refractivity contribution < 1.29 is 9.59 Å². The molecule has 1 aromatic heterocycles. The van der Waals surface area contributed by atoms with Crippen molar-refractivity contribution in [3.05, 3.63) is 24.0 Å². The lowest BCUT2D eigenvalue weighted by atomic mass is 9.91. The first-order valence-electron chi connectivity index (χ1n) is 6.56. The molecule has 1 N–H and O–H groups in total. The minimum absolute atomic E-state index is 0.0225. The summed E-state index contributed by atoms with van der Waals surface area (Å²) in [5, 5.41) is 2.87. The molecule has 2 fully saturated rings. The molecule has 5 nitrogen and oxygen atoms in total. The summed E-state index contributed by atoms with van der Waals surface area (Å²) in [6.07, 6.45) is 5.34. The van der Waals surface area contributed by atoms with Gasteiger partial charge in [-0.05, 0) is 44.2 Å². The molecule has 0 aromatic carbocycles. The monoisotopic (exact) mass is 259 g/mol. The van der Waals surface area contributed by atoms with Gasteiger partial charge in [0.2, 0.25) is 5.91 Å². The smallest absolute Gasteiger partial charge is 0.253 e. The molecule has 0 spiro atoms. The molecule has 1 atom stereocenters. The van der Waals surface area contributed by atoms with E-state index >= 15 is 0 Å². The van der Waals surface area contributed by atoms with Crippen LogP contribution in [0.15, 0.2) is 18.5 Å². The van der Waals surface area contributed by atoms with Gasteiger partial charge < -0.3 is 5.32 Å². The second-order valence-corrected chi connectivity index (χ2v) is 5.58. The van der Waals surface area contributed by atoms with Gasteiger partial charge in [-0.2, -0.15) is 0 Å². The number of hydrogen-bond acceptors (Lipinski definition) is 3. The molecule has 5 heteroatoms. The zero-order valence-electron chi connectivity index (χ0n) is 11.1. The molecule has 2 aliphatic rings. The second kappa shape index (κ2) is 4.05. The van der Waals surface area contributed by atoms with Gasteiger partial charge in [-0.1, -0.05) is 0 Å². The molecule has 1 aliphatic heterocycles. The van der Waals surface area contributed by atoms with E-state index in [-0.39, 0.29) is 24.3 Å². The Bertz CT molecular complexity index is 553. The lowest BCUT2D eigenvalue weighted by Crippen LogP contribution is -2.66. The number of carbonyl (C=O) groups excluding carboxylic acids is 2. The van der Waals surface area contributed by atoms with Crippen LogP contribution in [0.25, 0.3) is 0 Å². The van der Waals surface area contributed by atoms with Gasteiger partial charge in [0.1, 0.15) is 12.1 Å². The number of rotatable bonds is 2. The van der Waals surface area contributed by atoms with Crippen LogP contribution < -0.4 is 10.2 Å². The molecule has 1 aromatic rings. The van der Waals surface area contributed by atoms with Gasteiger partial charge in [-0.25, -0.2) is 0 Å². The van der Waals surface area contributed by atoms with E-state index in [0.717, 1.165) is 24.1 Å². The zero-order valence-corrected chi connectivity index (χ0v) is 11.1. The molecule has 1 unspecified atom stereocenters. The van der Waals surface area contributed by atoms with Crippen LogP contribution in [-0.4, -0.2) is 28.9 Å². The normalized spacial score (nSPS) is 27.4. The standard InChI is InChI=1S/C14H17N3O2/c1-9-5-6-15-7-11(9)17-8-12(18)16-14(2,13(17)19)10-3-4-10/h5-7,10H,3-4,8H2,1-2H3,(H,16,18). The molecular weight excluding hydrogens is 242 g/mol. The highest BCUT2D eigenvalue weighted by Crippen LogP contribution is 2.42. The van der Waals surface area contributed by atoms with Gasteiger partial charge in [0, 0.05) is 6.20 Å². The number of hydrogen-bond donors (Lipinski definition) is 1. The summed E-state index contributed by atoms with van der Waals surface area (Å²) in [6, 6.07) is 1.85. The number of carbonyl (C=O) groups is 2. The van der Waals surface area contributed by atoms with E-state index in [0.29, 0.717) is 0 Å². The van der Waals surface area contributed by atoms with E-state index in [2.05, 4.69) is 10.3 Å². The Kier molecular flexibility index (Phi) is 2.59. The van der Waals surface area contributed by atoms with Crippen molar-refractivity contribution in [1.82, 2.24) is 10.3 Å². The highest BCUT2D eigenvalue weighted by molar-refractivity contribution is 6.09. The third-order valence-corrected chi connectivity index (χ3v) is 4.09. The predicted octanol–water partition coefficient (Wildman–Crippen LogP) is 1.02. The average molecular weight is 259 g/mol. The minimum atomic E-state index is -0.752. The molecule has 100 valence electrons. The van der Waals surface area contributed by atoms with Gasteiger partial charge in [0.05, 0.1) is 11.9 Å². The maximum Gasteiger partial charge on any atom is 0.253 e. The van der Waals surface area contributed by atoms with E-state index in [4.69, 9.17) is 0 Å². The van der Waals surface area contributed by atoms with Crippen LogP contribution in [-0.2, 0) is 9.59 Å². The van der Waals surface area contributed by atoms with E-state index in [9.17, 15) is 9.59 Å². The highest BCUT2D eigenvalue weighted by atomic mass is 16.2. The van der Waals surface area contributed by atoms with Crippen LogP contribution in [0.2, 0.25) is 0 Å². The van der Waals surface area contributed by atoms with Gasteiger partial charge in [0.15, 0.2) is 0 Å². The van der Waals surface area contributed by atoms with Crippen molar-refractivity contribution in [2.24, 2.45) is 5.92 Å². The van der Waals surface area contributed by atoms with Gasteiger partial charge in [0.25, 0.3) is 5.91 Å². The molecule has 0 radical (unpaired) electrons. The first-order valence-corrected chi connectivity index (χ1v) is 6.56. The predicted molar refractivity (Wildman–Crippen MR) is 70.6 cm³/mol. The van der Waals surface area contributed by atoms with Crippen molar-refractivity contribution in [2.75, 3.05) is 11.4 Å². The number of nitrogens with zero attached hydrogens (tertiary/aromatic N) is 2. The fourth-order valence-corrected chi connectivity index (χ4v) is 2.75. The molecule has 3 rings (SSSR count). The Hall–Kier alpha value is -1.91. The molecule has 19 heavy (non-hydrogen) atoms. The van der Waals surface area contributed by atoms with Crippen LogP contribution in [0.4, 0.5) is 5.69 Å².